The summed E-state index contributed by atoms with van der Waals surface area (Å²) in [7, 11) is 1.63. The van der Waals surface area contributed by atoms with Gasteiger partial charge >= 0.3 is 0 Å². The lowest BCUT2D eigenvalue weighted by molar-refractivity contribution is 0.102. The Labute approximate surface area is 149 Å². The van der Waals surface area contributed by atoms with Crippen LogP contribution in [-0.4, -0.2) is 23.1 Å². The summed E-state index contributed by atoms with van der Waals surface area (Å²) >= 11 is 1.43. The van der Waals surface area contributed by atoms with Gasteiger partial charge in [-0.25, -0.2) is 4.98 Å². The molecule has 0 saturated carbocycles. The summed E-state index contributed by atoms with van der Waals surface area (Å²) in [6.45, 7) is 1.89. The first-order valence-electron chi connectivity index (χ1n) is 7.73. The van der Waals surface area contributed by atoms with E-state index in [-0.39, 0.29) is 11.7 Å². The molecule has 0 saturated heterocycles. The fourth-order valence-corrected chi connectivity index (χ4v) is 3.16. The molecule has 0 spiro atoms. The van der Waals surface area contributed by atoms with Crippen LogP contribution < -0.4 is 10.1 Å². The van der Waals surface area contributed by atoms with Crippen LogP contribution in [0.2, 0.25) is 0 Å². The van der Waals surface area contributed by atoms with E-state index in [1.165, 1.54) is 11.3 Å². The molecule has 0 bridgehead atoms. The van der Waals surface area contributed by atoms with Crippen LogP contribution in [0.5, 0.6) is 11.5 Å². The van der Waals surface area contributed by atoms with Crippen molar-refractivity contribution in [3.8, 4) is 11.5 Å². The first kappa shape index (κ1) is 17.0. The fourth-order valence-electron chi connectivity index (χ4n) is 2.35. The summed E-state index contributed by atoms with van der Waals surface area (Å²) < 4.78 is 5.14. The lowest BCUT2D eigenvalue weighted by Gasteiger charge is -2.06. The average Bonchev–Trinajstić information content (AvgIpc) is 3.07. The lowest BCUT2D eigenvalue weighted by atomic mass is 10.1. The topological polar surface area (TPSA) is 71.5 Å². The minimum Gasteiger partial charge on any atom is -0.506 e. The number of rotatable bonds is 5. The molecule has 128 valence electrons. The number of benzene rings is 2. The predicted octanol–water partition coefficient (Wildman–Crippen LogP) is 4.01. The minimum atomic E-state index is -0.335. The average molecular weight is 354 g/mol. The lowest BCUT2D eigenvalue weighted by Crippen LogP contribution is -2.12. The SMILES string of the molecule is COc1ccc(Cc2nc(C(=O)Nc3cc(C)ccc3O)cs2)cc1. The van der Waals surface area contributed by atoms with Gasteiger partial charge in [-0.2, -0.15) is 0 Å². The van der Waals surface area contributed by atoms with E-state index in [0.29, 0.717) is 17.8 Å². The van der Waals surface area contributed by atoms with E-state index in [1.807, 2.05) is 31.2 Å². The highest BCUT2D eigenvalue weighted by Crippen LogP contribution is 2.25. The number of nitrogens with one attached hydrogen (secondary N) is 1. The van der Waals surface area contributed by atoms with Crippen LogP contribution in [0.15, 0.2) is 47.8 Å². The highest BCUT2D eigenvalue weighted by molar-refractivity contribution is 7.09. The van der Waals surface area contributed by atoms with Gasteiger partial charge < -0.3 is 15.2 Å². The number of hydrogen-bond acceptors (Lipinski definition) is 5. The van der Waals surface area contributed by atoms with Gasteiger partial charge in [-0.05, 0) is 42.3 Å². The second-order valence-electron chi connectivity index (χ2n) is 5.63. The van der Waals surface area contributed by atoms with E-state index < -0.39 is 0 Å². The van der Waals surface area contributed by atoms with Gasteiger partial charge in [0, 0.05) is 11.8 Å². The van der Waals surface area contributed by atoms with Crippen LogP contribution in [0.3, 0.4) is 0 Å². The quantitative estimate of drug-likeness (QED) is 0.679. The smallest absolute Gasteiger partial charge is 0.275 e. The molecule has 0 aliphatic carbocycles. The van der Waals surface area contributed by atoms with E-state index >= 15 is 0 Å². The van der Waals surface area contributed by atoms with Gasteiger partial charge in [0.25, 0.3) is 5.91 Å². The highest BCUT2D eigenvalue weighted by atomic mass is 32.1. The number of carbonyl (C=O) groups is 1. The van der Waals surface area contributed by atoms with Crippen LogP contribution >= 0.6 is 11.3 Å². The second-order valence-corrected chi connectivity index (χ2v) is 6.57. The number of thiazole rings is 1. The predicted molar refractivity (Wildman–Crippen MR) is 98.7 cm³/mol. The maximum atomic E-state index is 12.3. The molecule has 0 aliphatic heterocycles. The van der Waals surface area contributed by atoms with E-state index in [2.05, 4.69) is 10.3 Å². The Kier molecular flexibility index (Phi) is 5.00. The fraction of sp³-hybridized carbons (Fsp3) is 0.158. The number of carbonyl (C=O) groups excluding carboxylic acids is 1. The Hall–Kier alpha value is -2.86. The third-order valence-electron chi connectivity index (χ3n) is 3.70. The molecule has 3 aromatic rings. The number of anilines is 1. The second kappa shape index (κ2) is 7.36. The molecular formula is C19H18N2O3S. The van der Waals surface area contributed by atoms with Gasteiger partial charge in [-0.3, -0.25) is 4.79 Å². The highest BCUT2D eigenvalue weighted by Gasteiger charge is 2.13. The maximum Gasteiger partial charge on any atom is 0.275 e. The van der Waals surface area contributed by atoms with Crippen LogP contribution in [0.25, 0.3) is 0 Å². The van der Waals surface area contributed by atoms with Gasteiger partial charge in [0.1, 0.15) is 17.2 Å². The van der Waals surface area contributed by atoms with Crippen molar-refractivity contribution in [1.29, 1.82) is 0 Å². The van der Waals surface area contributed by atoms with Gasteiger partial charge in [0.15, 0.2) is 0 Å². The van der Waals surface area contributed by atoms with Crippen molar-refractivity contribution in [3.63, 3.8) is 0 Å². The summed E-state index contributed by atoms with van der Waals surface area (Å²) in [5, 5.41) is 15.1. The van der Waals surface area contributed by atoms with Gasteiger partial charge in [-0.1, -0.05) is 18.2 Å². The van der Waals surface area contributed by atoms with E-state index in [4.69, 9.17) is 4.74 Å². The molecule has 1 amide bonds. The number of hydrogen-bond donors (Lipinski definition) is 2. The standard InChI is InChI=1S/C19H18N2O3S/c1-12-3-8-17(22)15(9-12)21-19(23)16-11-25-18(20-16)10-13-4-6-14(24-2)7-5-13/h3-9,11,22H,10H2,1-2H3,(H,21,23). The molecule has 25 heavy (non-hydrogen) atoms. The van der Waals surface area contributed by atoms with Crippen molar-refractivity contribution in [1.82, 2.24) is 4.98 Å². The summed E-state index contributed by atoms with van der Waals surface area (Å²) in [6.07, 6.45) is 0.650. The number of nitrogens with zero attached hydrogens (tertiary/aromatic N) is 1. The van der Waals surface area contributed by atoms with Gasteiger partial charge in [0.2, 0.25) is 0 Å². The normalized spacial score (nSPS) is 10.5. The number of amides is 1. The maximum absolute atomic E-state index is 12.3. The van der Waals surface area contributed by atoms with Crippen molar-refractivity contribution in [3.05, 3.63) is 69.7 Å². The van der Waals surface area contributed by atoms with Crippen LogP contribution in [0, 0.1) is 6.92 Å². The Morgan fingerprint density at radius 2 is 2.00 bits per heavy atom. The Morgan fingerprint density at radius 3 is 2.72 bits per heavy atom. The molecule has 0 aliphatic rings. The first-order valence-corrected chi connectivity index (χ1v) is 8.61. The number of aromatic nitrogens is 1. The number of methoxy groups -OCH3 is 1. The Morgan fingerprint density at radius 1 is 1.24 bits per heavy atom. The molecule has 0 unspecified atom stereocenters. The van der Waals surface area contributed by atoms with Crippen LogP contribution in [0.1, 0.15) is 26.6 Å². The summed E-state index contributed by atoms with van der Waals surface area (Å²) in [5.41, 5.74) is 2.77. The molecule has 6 heteroatoms. The molecule has 2 N–H and O–H groups in total. The zero-order valence-electron chi connectivity index (χ0n) is 13.9. The zero-order valence-corrected chi connectivity index (χ0v) is 14.8. The monoisotopic (exact) mass is 354 g/mol. The number of aromatic hydroxyl groups is 1. The molecular weight excluding hydrogens is 336 g/mol. The zero-order chi connectivity index (χ0) is 17.8. The van der Waals surface area contributed by atoms with Crippen molar-refractivity contribution in [2.75, 3.05) is 12.4 Å². The number of ether oxygens (including phenoxy) is 1. The number of phenols is 1. The third kappa shape index (κ3) is 4.16. The summed E-state index contributed by atoms with van der Waals surface area (Å²) in [4.78, 5) is 16.7. The first-order chi connectivity index (χ1) is 12.0. The Balaban J connectivity index is 1.69. The van der Waals surface area contributed by atoms with Gasteiger partial charge in [-0.15, -0.1) is 11.3 Å². The minimum absolute atomic E-state index is 0.0348. The van der Waals surface area contributed by atoms with Crippen LogP contribution in [0.4, 0.5) is 5.69 Å². The van der Waals surface area contributed by atoms with E-state index in [1.54, 1.807) is 30.7 Å². The van der Waals surface area contributed by atoms with Crippen LogP contribution in [-0.2, 0) is 6.42 Å². The molecule has 0 radical (unpaired) electrons. The summed E-state index contributed by atoms with van der Waals surface area (Å²) in [6, 6.07) is 12.8. The molecule has 1 heterocycles. The van der Waals surface area contributed by atoms with Crippen molar-refractivity contribution in [2.45, 2.75) is 13.3 Å². The van der Waals surface area contributed by atoms with Crippen molar-refractivity contribution < 1.29 is 14.6 Å². The molecule has 3 rings (SSSR count). The van der Waals surface area contributed by atoms with E-state index in [0.717, 1.165) is 21.9 Å². The number of aryl methyl sites for hydroxylation is 1. The molecule has 5 nitrogen and oxygen atoms in total. The Bertz CT molecular complexity index is 888. The third-order valence-corrected chi connectivity index (χ3v) is 4.55. The largest absolute Gasteiger partial charge is 0.506 e. The summed E-state index contributed by atoms with van der Waals surface area (Å²) in [5.74, 6) is 0.506. The number of phenolic OH excluding ortho intramolecular Hbond substituents is 1. The molecule has 0 fully saturated rings. The van der Waals surface area contributed by atoms with Crippen molar-refractivity contribution >= 4 is 22.9 Å². The molecule has 0 atom stereocenters. The van der Waals surface area contributed by atoms with E-state index in [9.17, 15) is 9.90 Å². The van der Waals surface area contributed by atoms with Gasteiger partial charge in [0.05, 0.1) is 17.8 Å². The molecule has 1 aromatic heterocycles. The van der Waals surface area contributed by atoms with Crippen molar-refractivity contribution in [2.24, 2.45) is 0 Å². The molecule has 2 aromatic carbocycles.